The maximum atomic E-state index is 11.3. The normalized spacial score (nSPS) is 13.3. The summed E-state index contributed by atoms with van der Waals surface area (Å²) in [6.07, 6.45) is -1.89. The van der Waals surface area contributed by atoms with Crippen LogP contribution in [0.15, 0.2) is 0 Å². The molecule has 2 unspecified atom stereocenters. The highest BCUT2D eigenvalue weighted by molar-refractivity contribution is 5.90. The molecule has 2 atom stereocenters. The molecule has 0 aromatic heterocycles. The van der Waals surface area contributed by atoms with Gasteiger partial charge < -0.3 is 30.5 Å². The lowest BCUT2D eigenvalue weighted by atomic mass is 9.95. The van der Waals surface area contributed by atoms with Crippen molar-refractivity contribution in [2.45, 2.75) is 45.3 Å². The van der Waals surface area contributed by atoms with Crippen LogP contribution < -0.4 is 5.73 Å². The highest BCUT2D eigenvalue weighted by Gasteiger charge is 2.47. The Morgan fingerprint density at radius 3 is 1.79 bits per heavy atom. The van der Waals surface area contributed by atoms with Gasteiger partial charge in [0.25, 0.3) is 0 Å². The largest absolute Gasteiger partial charge is 0.481 e. The van der Waals surface area contributed by atoms with E-state index in [0.717, 1.165) is 6.92 Å². The highest BCUT2D eigenvalue weighted by Crippen LogP contribution is 2.23. The molecular formula is C13H21NO10. The van der Waals surface area contributed by atoms with Crippen molar-refractivity contribution in [3.63, 3.8) is 0 Å². The van der Waals surface area contributed by atoms with E-state index in [1.54, 1.807) is 0 Å². The Morgan fingerprint density at radius 2 is 1.54 bits per heavy atom. The lowest BCUT2D eigenvalue weighted by Gasteiger charge is -2.26. The SMILES string of the molecule is CC(N)C(=O)O.CCOC(=O)CC(CC(=O)O)(OC(C)=O)C(=O)O. The van der Waals surface area contributed by atoms with Gasteiger partial charge in [0.15, 0.2) is 0 Å². The number of carboxylic acid groups (broad SMARTS) is 3. The van der Waals surface area contributed by atoms with Crippen LogP contribution in [0.1, 0.15) is 33.6 Å². The summed E-state index contributed by atoms with van der Waals surface area (Å²) < 4.78 is 9.03. The first-order valence-electron chi connectivity index (χ1n) is 6.66. The van der Waals surface area contributed by atoms with Gasteiger partial charge in [-0.05, 0) is 13.8 Å². The van der Waals surface area contributed by atoms with E-state index in [-0.39, 0.29) is 6.61 Å². The van der Waals surface area contributed by atoms with Crippen molar-refractivity contribution >= 4 is 29.8 Å². The summed E-state index contributed by atoms with van der Waals surface area (Å²) in [5, 5.41) is 25.5. The second kappa shape index (κ2) is 10.9. The van der Waals surface area contributed by atoms with Crippen LogP contribution in [-0.4, -0.2) is 63.4 Å². The van der Waals surface area contributed by atoms with Crippen LogP contribution in [0.5, 0.6) is 0 Å². The summed E-state index contributed by atoms with van der Waals surface area (Å²) in [6, 6.07) is -0.731. The number of aliphatic carboxylic acids is 3. The van der Waals surface area contributed by atoms with E-state index in [4.69, 9.17) is 21.1 Å². The lowest BCUT2D eigenvalue weighted by Crippen LogP contribution is -2.47. The third kappa shape index (κ3) is 10.1. The molecule has 0 aliphatic rings. The van der Waals surface area contributed by atoms with Crippen molar-refractivity contribution in [3.05, 3.63) is 0 Å². The average molecular weight is 351 g/mol. The molecule has 5 N–H and O–H groups in total. The Labute approximate surface area is 137 Å². The molecule has 0 radical (unpaired) electrons. The van der Waals surface area contributed by atoms with Gasteiger partial charge in [0.1, 0.15) is 6.04 Å². The quantitative estimate of drug-likeness (QED) is 0.401. The van der Waals surface area contributed by atoms with Crippen molar-refractivity contribution in [3.8, 4) is 0 Å². The highest BCUT2D eigenvalue weighted by atomic mass is 16.6. The predicted molar refractivity (Wildman–Crippen MR) is 76.9 cm³/mol. The number of hydrogen-bond acceptors (Lipinski definition) is 8. The van der Waals surface area contributed by atoms with Crippen molar-refractivity contribution in [2.24, 2.45) is 5.73 Å². The predicted octanol–water partition coefficient (Wildman–Crippen LogP) is -0.781. The Kier molecular flexibility index (Phi) is 10.7. The minimum atomic E-state index is -2.44. The number of carboxylic acids is 3. The number of ether oxygens (including phenoxy) is 2. The fourth-order valence-electron chi connectivity index (χ4n) is 1.29. The topological polar surface area (TPSA) is 191 Å². The first-order valence-corrected chi connectivity index (χ1v) is 6.66. The van der Waals surface area contributed by atoms with Crippen molar-refractivity contribution < 1.29 is 48.8 Å². The monoisotopic (exact) mass is 351 g/mol. The number of carbonyl (C=O) groups is 5. The number of carbonyl (C=O) groups excluding carboxylic acids is 2. The number of nitrogens with two attached hydrogens (primary N) is 1. The lowest BCUT2D eigenvalue weighted by molar-refractivity contribution is -0.185. The van der Waals surface area contributed by atoms with E-state index in [1.165, 1.54) is 13.8 Å². The standard InChI is InChI=1S/C10H14O8.C3H7NO2/c1-3-17-8(14)5-10(9(15)16,4-7(12)13)18-6(2)11;1-2(4)3(5)6/h3-5H2,1-2H3,(H,12,13)(H,15,16);2H,4H2,1H3,(H,5,6). The first-order chi connectivity index (χ1) is 10.9. The van der Waals surface area contributed by atoms with Crippen LogP contribution in [0.2, 0.25) is 0 Å². The van der Waals surface area contributed by atoms with Crippen molar-refractivity contribution in [1.29, 1.82) is 0 Å². The zero-order chi connectivity index (χ0) is 19.5. The Bertz CT molecular complexity index is 469. The number of hydrogen-bond donors (Lipinski definition) is 4. The van der Waals surface area contributed by atoms with Gasteiger partial charge in [-0.3, -0.25) is 19.2 Å². The first kappa shape index (κ1) is 23.6. The molecule has 0 aromatic rings. The molecule has 0 amide bonds. The summed E-state index contributed by atoms with van der Waals surface area (Å²) in [7, 11) is 0. The van der Waals surface area contributed by atoms with Gasteiger partial charge in [0.05, 0.1) is 19.4 Å². The van der Waals surface area contributed by atoms with E-state index in [1.807, 2.05) is 0 Å². The van der Waals surface area contributed by atoms with Crippen LogP contribution >= 0.6 is 0 Å². The summed E-state index contributed by atoms with van der Waals surface area (Å²) in [6.45, 7) is 3.85. The molecule has 11 nitrogen and oxygen atoms in total. The average Bonchev–Trinajstić information content (AvgIpc) is 2.37. The Morgan fingerprint density at radius 1 is 1.08 bits per heavy atom. The maximum absolute atomic E-state index is 11.3. The van der Waals surface area contributed by atoms with E-state index in [0.29, 0.717) is 0 Å². The molecule has 0 saturated carbocycles. The van der Waals surface area contributed by atoms with Gasteiger partial charge in [-0.1, -0.05) is 0 Å². The molecule has 0 aliphatic heterocycles. The van der Waals surface area contributed by atoms with Crippen molar-refractivity contribution in [1.82, 2.24) is 0 Å². The van der Waals surface area contributed by atoms with Gasteiger partial charge in [0.2, 0.25) is 5.60 Å². The van der Waals surface area contributed by atoms with Crippen LogP contribution in [0.25, 0.3) is 0 Å². The molecular weight excluding hydrogens is 330 g/mol. The van der Waals surface area contributed by atoms with E-state index >= 15 is 0 Å². The minimum absolute atomic E-state index is 0.00166. The molecule has 0 saturated heterocycles. The molecule has 0 bridgehead atoms. The molecule has 0 heterocycles. The summed E-state index contributed by atoms with van der Waals surface area (Å²) in [5.74, 6) is -6.14. The fourth-order valence-corrected chi connectivity index (χ4v) is 1.29. The summed E-state index contributed by atoms with van der Waals surface area (Å²) >= 11 is 0. The summed E-state index contributed by atoms with van der Waals surface area (Å²) in [4.78, 5) is 53.4. The molecule has 138 valence electrons. The third-order valence-corrected chi connectivity index (χ3v) is 2.29. The third-order valence-electron chi connectivity index (χ3n) is 2.29. The van der Waals surface area contributed by atoms with Crippen LogP contribution in [0.3, 0.4) is 0 Å². The molecule has 0 aliphatic carbocycles. The second-order valence-corrected chi connectivity index (χ2v) is 4.57. The Hall–Kier alpha value is -2.69. The Balaban J connectivity index is 0. The zero-order valence-corrected chi connectivity index (χ0v) is 13.5. The summed E-state index contributed by atoms with van der Waals surface area (Å²) in [5.41, 5.74) is 2.40. The second-order valence-electron chi connectivity index (χ2n) is 4.57. The molecule has 11 heteroatoms. The molecule has 0 spiro atoms. The molecule has 0 fully saturated rings. The van der Waals surface area contributed by atoms with Gasteiger partial charge >= 0.3 is 29.8 Å². The fraction of sp³-hybridized carbons (Fsp3) is 0.615. The van der Waals surface area contributed by atoms with Gasteiger partial charge in [-0.2, -0.15) is 0 Å². The van der Waals surface area contributed by atoms with Crippen LogP contribution in [0.4, 0.5) is 0 Å². The smallest absolute Gasteiger partial charge is 0.349 e. The number of rotatable bonds is 8. The molecule has 0 rings (SSSR count). The molecule has 0 aromatic carbocycles. The van der Waals surface area contributed by atoms with Gasteiger partial charge in [0, 0.05) is 6.92 Å². The van der Waals surface area contributed by atoms with E-state index in [2.05, 4.69) is 9.47 Å². The van der Waals surface area contributed by atoms with E-state index in [9.17, 15) is 24.0 Å². The number of esters is 2. The minimum Gasteiger partial charge on any atom is -0.481 e. The van der Waals surface area contributed by atoms with Gasteiger partial charge in [-0.15, -0.1) is 0 Å². The maximum Gasteiger partial charge on any atom is 0.349 e. The van der Waals surface area contributed by atoms with Crippen LogP contribution in [0, 0.1) is 0 Å². The van der Waals surface area contributed by atoms with Crippen molar-refractivity contribution in [2.75, 3.05) is 6.61 Å². The zero-order valence-electron chi connectivity index (χ0n) is 13.5. The van der Waals surface area contributed by atoms with Crippen LogP contribution in [-0.2, 0) is 33.4 Å². The molecule has 24 heavy (non-hydrogen) atoms. The van der Waals surface area contributed by atoms with Gasteiger partial charge in [-0.25, -0.2) is 4.79 Å². The van der Waals surface area contributed by atoms with E-state index < -0.39 is 54.3 Å².